The average Bonchev–Trinajstić information content (AvgIpc) is 2.53. The van der Waals surface area contributed by atoms with Crippen LogP contribution in [0.25, 0.3) is 0 Å². The van der Waals surface area contributed by atoms with E-state index in [0.29, 0.717) is 5.69 Å². The van der Waals surface area contributed by atoms with Crippen LogP contribution in [0.2, 0.25) is 0 Å². The zero-order valence-electron chi connectivity index (χ0n) is 12.2. The van der Waals surface area contributed by atoms with E-state index in [9.17, 15) is 14.9 Å². The first-order valence-electron chi connectivity index (χ1n) is 6.96. The van der Waals surface area contributed by atoms with Gasteiger partial charge in [-0.1, -0.05) is 25.1 Å². The predicted octanol–water partition coefficient (Wildman–Crippen LogP) is 3.21. The van der Waals surface area contributed by atoms with Gasteiger partial charge in [0.2, 0.25) is 5.91 Å². The van der Waals surface area contributed by atoms with Gasteiger partial charge in [0.25, 0.3) is 5.69 Å². The van der Waals surface area contributed by atoms with Gasteiger partial charge in [-0.15, -0.1) is 0 Å². The number of rotatable bonds is 6. The monoisotopic (exact) mass is 299 g/mol. The fourth-order valence-corrected chi connectivity index (χ4v) is 2.05. The number of amides is 1. The summed E-state index contributed by atoms with van der Waals surface area (Å²) in [5, 5.41) is 16.3. The SMILES string of the molecule is CCc1ccccc1NCC(=O)Nc1ccc([N+](=O)[O-])cc1. The molecule has 0 aromatic heterocycles. The van der Waals surface area contributed by atoms with Gasteiger partial charge in [-0.05, 0) is 30.2 Å². The Labute approximate surface area is 128 Å². The Hall–Kier alpha value is -2.89. The van der Waals surface area contributed by atoms with Crippen molar-refractivity contribution in [2.45, 2.75) is 13.3 Å². The molecule has 2 N–H and O–H groups in total. The van der Waals surface area contributed by atoms with E-state index in [1.165, 1.54) is 24.3 Å². The van der Waals surface area contributed by atoms with Gasteiger partial charge in [0, 0.05) is 23.5 Å². The second-order valence-electron chi connectivity index (χ2n) is 4.72. The molecule has 0 atom stereocenters. The molecule has 0 radical (unpaired) electrons. The zero-order chi connectivity index (χ0) is 15.9. The molecule has 0 fully saturated rings. The second kappa shape index (κ2) is 7.21. The van der Waals surface area contributed by atoms with Gasteiger partial charge in [-0.3, -0.25) is 14.9 Å². The van der Waals surface area contributed by atoms with Crippen LogP contribution in [0.1, 0.15) is 12.5 Å². The zero-order valence-corrected chi connectivity index (χ0v) is 12.2. The predicted molar refractivity (Wildman–Crippen MR) is 86.0 cm³/mol. The number of carbonyl (C=O) groups is 1. The number of nitrogens with zero attached hydrogens (tertiary/aromatic N) is 1. The third-order valence-electron chi connectivity index (χ3n) is 3.20. The fraction of sp³-hybridized carbons (Fsp3) is 0.188. The van der Waals surface area contributed by atoms with Crippen molar-refractivity contribution in [3.05, 3.63) is 64.2 Å². The maximum absolute atomic E-state index is 11.9. The normalized spacial score (nSPS) is 10.0. The Morgan fingerprint density at radius 1 is 1.14 bits per heavy atom. The Kier molecular flexibility index (Phi) is 5.08. The largest absolute Gasteiger partial charge is 0.376 e. The first-order valence-corrected chi connectivity index (χ1v) is 6.96. The minimum absolute atomic E-state index is 0.00648. The summed E-state index contributed by atoms with van der Waals surface area (Å²) in [4.78, 5) is 22.0. The second-order valence-corrected chi connectivity index (χ2v) is 4.72. The summed E-state index contributed by atoms with van der Waals surface area (Å²) in [7, 11) is 0. The van der Waals surface area contributed by atoms with Crippen molar-refractivity contribution in [3.63, 3.8) is 0 Å². The van der Waals surface area contributed by atoms with E-state index >= 15 is 0 Å². The fourth-order valence-electron chi connectivity index (χ4n) is 2.05. The van der Waals surface area contributed by atoms with Crippen molar-refractivity contribution in [3.8, 4) is 0 Å². The van der Waals surface area contributed by atoms with Gasteiger partial charge in [-0.25, -0.2) is 0 Å². The third kappa shape index (κ3) is 4.05. The quantitative estimate of drug-likeness (QED) is 0.633. The molecule has 0 aliphatic heterocycles. The molecule has 114 valence electrons. The maximum Gasteiger partial charge on any atom is 0.269 e. The molecular formula is C16H17N3O3. The number of anilines is 2. The molecule has 2 aromatic rings. The Bertz CT molecular complexity index is 669. The minimum atomic E-state index is -0.477. The highest BCUT2D eigenvalue weighted by Crippen LogP contribution is 2.16. The maximum atomic E-state index is 11.9. The Morgan fingerprint density at radius 3 is 2.45 bits per heavy atom. The van der Waals surface area contributed by atoms with Crippen LogP contribution in [0.15, 0.2) is 48.5 Å². The molecule has 22 heavy (non-hydrogen) atoms. The summed E-state index contributed by atoms with van der Waals surface area (Å²) in [5.74, 6) is -0.209. The number of carbonyl (C=O) groups excluding carboxylic acids is 1. The standard InChI is InChI=1S/C16H17N3O3/c1-2-12-5-3-4-6-15(12)17-11-16(20)18-13-7-9-14(10-8-13)19(21)22/h3-10,17H,2,11H2,1H3,(H,18,20). The number of nitro benzene ring substituents is 1. The van der Waals surface area contributed by atoms with Gasteiger partial charge in [0.15, 0.2) is 0 Å². The van der Waals surface area contributed by atoms with Crippen molar-refractivity contribution in [1.82, 2.24) is 0 Å². The lowest BCUT2D eigenvalue weighted by atomic mass is 10.1. The van der Waals surface area contributed by atoms with Crippen molar-refractivity contribution < 1.29 is 9.72 Å². The van der Waals surface area contributed by atoms with Crippen LogP contribution in [0.4, 0.5) is 17.1 Å². The van der Waals surface area contributed by atoms with Crippen LogP contribution in [0.3, 0.4) is 0 Å². The topological polar surface area (TPSA) is 84.3 Å². The molecule has 2 aromatic carbocycles. The van der Waals surface area contributed by atoms with E-state index in [-0.39, 0.29) is 18.1 Å². The Morgan fingerprint density at radius 2 is 1.82 bits per heavy atom. The van der Waals surface area contributed by atoms with Crippen LogP contribution in [0, 0.1) is 10.1 Å². The van der Waals surface area contributed by atoms with E-state index in [4.69, 9.17) is 0 Å². The van der Waals surface area contributed by atoms with Crippen molar-refractivity contribution in [2.75, 3.05) is 17.2 Å². The number of nitrogens with one attached hydrogen (secondary N) is 2. The highest BCUT2D eigenvalue weighted by atomic mass is 16.6. The first kappa shape index (κ1) is 15.5. The average molecular weight is 299 g/mol. The van der Waals surface area contributed by atoms with E-state index < -0.39 is 4.92 Å². The molecule has 0 unspecified atom stereocenters. The van der Waals surface area contributed by atoms with Crippen molar-refractivity contribution >= 4 is 23.0 Å². The van der Waals surface area contributed by atoms with Crippen molar-refractivity contribution in [2.24, 2.45) is 0 Å². The highest BCUT2D eigenvalue weighted by molar-refractivity contribution is 5.93. The highest BCUT2D eigenvalue weighted by Gasteiger charge is 2.07. The summed E-state index contributed by atoms with van der Waals surface area (Å²) in [6.07, 6.45) is 0.882. The van der Waals surface area contributed by atoms with Crippen LogP contribution < -0.4 is 10.6 Å². The van der Waals surface area contributed by atoms with Gasteiger partial charge < -0.3 is 10.6 Å². The smallest absolute Gasteiger partial charge is 0.269 e. The molecule has 0 heterocycles. The van der Waals surface area contributed by atoms with Crippen LogP contribution in [0.5, 0.6) is 0 Å². The number of benzene rings is 2. The van der Waals surface area contributed by atoms with Crippen LogP contribution in [-0.4, -0.2) is 17.4 Å². The number of hydrogen-bond donors (Lipinski definition) is 2. The third-order valence-corrected chi connectivity index (χ3v) is 3.20. The number of para-hydroxylation sites is 1. The molecule has 6 nitrogen and oxygen atoms in total. The summed E-state index contributed by atoms with van der Waals surface area (Å²) in [5.41, 5.74) is 2.60. The molecule has 6 heteroatoms. The van der Waals surface area contributed by atoms with Gasteiger partial charge in [0.1, 0.15) is 0 Å². The van der Waals surface area contributed by atoms with Crippen LogP contribution in [-0.2, 0) is 11.2 Å². The summed E-state index contributed by atoms with van der Waals surface area (Å²) >= 11 is 0. The number of hydrogen-bond acceptors (Lipinski definition) is 4. The van der Waals surface area contributed by atoms with E-state index in [1.54, 1.807) is 0 Å². The Balaban J connectivity index is 1.91. The lowest BCUT2D eigenvalue weighted by Gasteiger charge is -2.11. The summed E-state index contributed by atoms with van der Waals surface area (Å²) < 4.78 is 0. The lowest BCUT2D eigenvalue weighted by Crippen LogP contribution is -2.22. The number of nitro groups is 1. The first-order chi connectivity index (χ1) is 10.6. The lowest BCUT2D eigenvalue weighted by molar-refractivity contribution is -0.384. The molecule has 0 aliphatic carbocycles. The summed E-state index contributed by atoms with van der Waals surface area (Å²) in [6.45, 7) is 2.19. The number of non-ortho nitro benzene ring substituents is 1. The van der Waals surface area contributed by atoms with E-state index in [2.05, 4.69) is 17.6 Å². The molecule has 1 amide bonds. The minimum Gasteiger partial charge on any atom is -0.376 e. The van der Waals surface area contributed by atoms with Gasteiger partial charge in [0.05, 0.1) is 11.5 Å². The molecule has 0 bridgehead atoms. The number of aryl methyl sites for hydroxylation is 1. The van der Waals surface area contributed by atoms with Gasteiger partial charge >= 0.3 is 0 Å². The van der Waals surface area contributed by atoms with E-state index in [1.807, 2.05) is 24.3 Å². The molecule has 0 saturated carbocycles. The molecule has 2 rings (SSSR count). The van der Waals surface area contributed by atoms with E-state index in [0.717, 1.165) is 17.7 Å². The molecule has 0 aliphatic rings. The molecule has 0 spiro atoms. The molecule has 0 saturated heterocycles. The van der Waals surface area contributed by atoms with Crippen LogP contribution >= 0.6 is 0 Å². The van der Waals surface area contributed by atoms with Gasteiger partial charge in [-0.2, -0.15) is 0 Å². The summed E-state index contributed by atoms with van der Waals surface area (Å²) in [6, 6.07) is 13.5. The molecular weight excluding hydrogens is 282 g/mol. The van der Waals surface area contributed by atoms with Crippen molar-refractivity contribution in [1.29, 1.82) is 0 Å².